The van der Waals surface area contributed by atoms with Crippen LogP contribution < -0.4 is 20.5 Å². The van der Waals surface area contributed by atoms with E-state index in [1.807, 2.05) is 80.7 Å². The molecule has 6 nitrogen and oxygen atoms in total. The van der Waals surface area contributed by atoms with E-state index in [9.17, 15) is 0 Å². The molecule has 0 spiro atoms. The number of hydrogen-bond donors (Lipinski definition) is 2. The van der Waals surface area contributed by atoms with Gasteiger partial charge in [0.15, 0.2) is 5.15 Å². The Morgan fingerprint density at radius 3 is 2.03 bits per heavy atom. The van der Waals surface area contributed by atoms with Gasteiger partial charge in [-0.2, -0.15) is 5.10 Å². The Morgan fingerprint density at radius 2 is 1.50 bits per heavy atom. The average Bonchev–Trinajstić information content (AvgIpc) is 2.85. The number of fused-ring (bicyclic) bond motifs is 1. The molecule has 4 aromatic rings. The molecule has 1 aromatic heterocycles. The van der Waals surface area contributed by atoms with Crippen molar-refractivity contribution >= 4 is 28.1 Å². The molecule has 0 saturated carbocycles. The van der Waals surface area contributed by atoms with E-state index in [4.69, 9.17) is 26.8 Å². The zero-order valence-corrected chi connectivity index (χ0v) is 19.6. The van der Waals surface area contributed by atoms with Crippen molar-refractivity contribution in [2.24, 2.45) is 5.73 Å². The third-order valence-electron chi connectivity index (χ3n) is 4.55. The summed E-state index contributed by atoms with van der Waals surface area (Å²) in [4.78, 5) is 0. The molecule has 1 heterocycles. The second kappa shape index (κ2) is 13.1. The van der Waals surface area contributed by atoms with Gasteiger partial charge in [0.2, 0.25) is 0 Å². The van der Waals surface area contributed by atoms with Crippen molar-refractivity contribution in [1.29, 1.82) is 0 Å². The van der Waals surface area contributed by atoms with E-state index < -0.39 is 0 Å². The Morgan fingerprint density at radius 1 is 0.906 bits per heavy atom. The molecule has 0 radical (unpaired) electrons. The molecule has 0 amide bonds. The highest BCUT2D eigenvalue weighted by atomic mass is 35.5. The minimum absolute atomic E-state index is 0.469. The van der Waals surface area contributed by atoms with Gasteiger partial charge in [0.25, 0.3) is 0 Å². The number of nitrogens with one attached hydrogen (secondary N) is 1. The molecule has 3 N–H and O–H groups in total. The van der Waals surface area contributed by atoms with Gasteiger partial charge in [-0.15, -0.1) is 5.10 Å². The zero-order chi connectivity index (χ0) is 23.3. The Balaban J connectivity index is 0.000000171. The molecule has 0 aliphatic carbocycles. The molecule has 0 aliphatic heterocycles. The van der Waals surface area contributed by atoms with Gasteiger partial charge in [-0.25, -0.2) is 0 Å². The number of hydrogen-bond acceptors (Lipinski definition) is 6. The summed E-state index contributed by atoms with van der Waals surface area (Å²) in [6, 6.07) is 21.5. The molecular formula is C25H29ClN4O2. The second-order valence-electron chi connectivity index (χ2n) is 6.76. The lowest BCUT2D eigenvalue weighted by Gasteiger charge is -2.00. The fourth-order valence-electron chi connectivity index (χ4n) is 2.68. The quantitative estimate of drug-likeness (QED) is 0.426. The van der Waals surface area contributed by atoms with Crippen LogP contribution in [-0.2, 0) is 6.54 Å². The van der Waals surface area contributed by atoms with Crippen LogP contribution >= 0.6 is 11.6 Å². The van der Waals surface area contributed by atoms with Crippen molar-refractivity contribution in [3.05, 3.63) is 89.2 Å². The first-order valence-corrected chi connectivity index (χ1v) is 10.4. The van der Waals surface area contributed by atoms with E-state index in [0.717, 1.165) is 33.5 Å². The van der Waals surface area contributed by atoms with E-state index in [1.165, 1.54) is 5.56 Å². The highest BCUT2D eigenvalue weighted by Gasteiger charge is 1.99. The molecule has 0 atom stereocenters. The standard InChI is InChI=1S/C9H7ClN2.2C8H11NO/c1-6-2-3-7-5-11-12-9(10)8(7)4-6;1-9-7-3-5-8(10-2)6-4-7;1-10-8-4-2-7(6-9)3-5-8/h2-5H,1H3;3-6,9H,1-2H3;2-5H,6,9H2,1H3. The van der Waals surface area contributed by atoms with Crippen LogP contribution in [0.4, 0.5) is 5.69 Å². The maximum atomic E-state index is 5.86. The van der Waals surface area contributed by atoms with Crippen molar-refractivity contribution in [3.63, 3.8) is 0 Å². The maximum absolute atomic E-state index is 5.86. The first-order chi connectivity index (χ1) is 15.5. The molecular weight excluding hydrogens is 424 g/mol. The van der Waals surface area contributed by atoms with E-state index in [2.05, 4.69) is 15.5 Å². The van der Waals surface area contributed by atoms with Gasteiger partial charge >= 0.3 is 0 Å². The van der Waals surface area contributed by atoms with Crippen LogP contribution in [0.2, 0.25) is 5.15 Å². The maximum Gasteiger partial charge on any atom is 0.159 e. The van der Waals surface area contributed by atoms with Crippen molar-refractivity contribution in [1.82, 2.24) is 10.2 Å². The minimum Gasteiger partial charge on any atom is -0.497 e. The summed E-state index contributed by atoms with van der Waals surface area (Å²) in [6.45, 7) is 2.61. The molecule has 0 aliphatic rings. The SMILES string of the molecule is CNc1ccc(OC)cc1.COc1ccc(CN)cc1.Cc1ccc2cnnc(Cl)c2c1. The largest absolute Gasteiger partial charge is 0.497 e. The van der Waals surface area contributed by atoms with Crippen molar-refractivity contribution in [3.8, 4) is 11.5 Å². The normalized spacial score (nSPS) is 9.69. The van der Waals surface area contributed by atoms with Crippen LogP contribution in [0.5, 0.6) is 11.5 Å². The predicted octanol–water partition coefficient (Wildman–Crippen LogP) is 5.48. The smallest absolute Gasteiger partial charge is 0.159 e. The molecule has 7 heteroatoms. The van der Waals surface area contributed by atoms with Crippen LogP contribution in [0.3, 0.4) is 0 Å². The number of ether oxygens (including phenoxy) is 2. The van der Waals surface area contributed by atoms with Crippen LogP contribution in [0.1, 0.15) is 11.1 Å². The molecule has 4 rings (SSSR count). The number of rotatable bonds is 4. The number of nitrogens with zero attached hydrogens (tertiary/aromatic N) is 2. The summed E-state index contributed by atoms with van der Waals surface area (Å²) in [5.41, 5.74) is 8.80. The first-order valence-electron chi connectivity index (χ1n) is 10.0. The van der Waals surface area contributed by atoms with Gasteiger partial charge in [-0.3, -0.25) is 0 Å². The van der Waals surface area contributed by atoms with Crippen molar-refractivity contribution < 1.29 is 9.47 Å². The summed E-state index contributed by atoms with van der Waals surface area (Å²) < 4.78 is 9.96. The average molecular weight is 453 g/mol. The van der Waals surface area contributed by atoms with E-state index >= 15 is 0 Å². The Kier molecular flexibility index (Phi) is 10.2. The minimum atomic E-state index is 0.469. The summed E-state index contributed by atoms with van der Waals surface area (Å²) in [7, 11) is 5.20. The molecule has 3 aromatic carbocycles. The number of benzene rings is 3. The third kappa shape index (κ3) is 7.72. The van der Waals surface area contributed by atoms with Gasteiger partial charge in [0, 0.05) is 30.1 Å². The van der Waals surface area contributed by atoms with Crippen LogP contribution in [-0.4, -0.2) is 31.5 Å². The highest BCUT2D eigenvalue weighted by molar-refractivity contribution is 6.34. The lowest BCUT2D eigenvalue weighted by Crippen LogP contribution is -1.95. The van der Waals surface area contributed by atoms with Crippen LogP contribution in [0.25, 0.3) is 10.8 Å². The third-order valence-corrected chi connectivity index (χ3v) is 4.83. The second-order valence-corrected chi connectivity index (χ2v) is 7.11. The van der Waals surface area contributed by atoms with Gasteiger partial charge in [-0.05, 0) is 55.0 Å². The molecule has 0 unspecified atom stereocenters. The van der Waals surface area contributed by atoms with Gasteiger partial charge in [0.05, 0.1) is 20.4 Å². The number of aryl methyl sites for hydroxylation is 1. The predicted molar refractivity (Wildman–Crippen MR) is 133 cm³/mol. The van der Waals surface area contributed by atoms with E-state index in [1.54, 1.807) is 20.4 Å². The van der Waals surface area contributed by atoms with Gasteiger partial charge in [0.1, 0.15) is 11.5 Å². The molecule has 168 valence electrons. The lowest BCUT2D eigenvalue weighted by molar-refractivity contribution is 0.414. The Labute approximate surface area is 194 Å². The number of methoxy groups -OCH3 is 2. The van der Waals surface area contributed by atoms with Crippen molar-refractivity contribution in [2.45, 2.75) is 13.5 Å². The van der Waals surface area contributed by atoms with Crippen molar-refractivity contribution in [2.75, 3.05) is 26.6 Å². The number of anilines is 1. The number of halogens is 1. The Bertz CT molecular complexity index is 994. The van der Waals surface area contributed by atoms with Gasteiger partial charge in [-0.1, -0.05) is 41.4 Å². The topological polar surface area (TPSA) is 82.3 Å². The fraction of sp³-hybridized carbons (Fsp3) is 0.200. The molecule has 0 fully saturated rings. The van der Waals surface area contributed by atoms with E-state index in [0.29, 0.717) is 11.7 Å². The summed E-state index contributed by atoms with van der Waals surface area (Å²) in [5, 5.41) is 13.0. The Hall–Kier alpha value is -3.35. The fourth-order valence-corrected chi connectivity index (χ4v) is 2.88. The molecule has 0 saturated heterocycles. The molecule has 32 heavy (non-hydrogen) atoms. The summed E-state index contributed by atoms with van der Waals surface area (Å²) >= 11 is 5.86. The van der Waals surface area contributed by atoms with E-state index in [-0.39, 0.29) is 0 Å². The zero-order valence-electron chi connectivity index (χ0n) is 18.8. The lowest BCUT2D eigenvalue weighted by atomic mass is 10.1. The first kappa shape index (κ1) is 24.9. The highest BCUT2D eigenvalue weighted by Crippen LogP contribution is 2.20. The summed E-state index contributed by atoms with van der Waals surface area (Å²) in [5.74, 6) is 1.76. The van der Waals surface area contributed by atoms with Gasteiger partial charge < -0.3 is 20.5 Å². The monoisotopic (exact) mass is 452 g/mol. The van der Waals surface area contributed by atoms with Crippen LogP contribution in [0, 0.1) is 6.92 Å². The number of nitrogens with two attached hydrogens (primary N) is 1. The number of aromatic nitrogens is 2. The van der Waals surface area contributed by atoms with Crippen LogP contribution in [0.15, 0.2) is 72.9 Å². The molecule has 0 bridgehead atoms. The summed E-state index contributed by atoms with van der Waals surface area (Å²) in [6.07, 6.45) is 1.71.